The van der Waals surface area contributed by atoms with Gasteiger partial charge in [0, 0.05) is 11.8 Å². The van der Waals surface area contributed by atoms with Crippen molar-refractivity contribution in [2.45, 2.75) is 6.61 Å². The number of amides is 1. The fraction of sp³-hybridized carbons (Fsp3) is 0.0909. The van der Waals surface area contributed by atoms with Gasteiger partial charge in [0.15, 0.2) is 11.5 Å². The quantitative estimate of drug-likeness (QED) is 0.494. The van der Waals surface area contributed by atoms with Gasteiger partial charge in [-0.3, -0.25) is 9.20 Å². The van der Waals surface area contributed by atoms with Crippen LogP contribution < -0.4 is 14.8 Å². The van der Waals surface area contributed by atoms with E-state index in [4.69, 9.17) is 4.74 Å². The van der Waals surface area contributed by atoms with Gasteiger partial charge in [0.1, 0.15) is 17.2 Å². The Hall–Kier alpha value is -3.94. The number of aromatic nitrogens is 2. The van der Waals surface area contributed by atoms with Gasteiger partial charge in [0.25, 0.3) is 5.91 Å². The number of halogens is 2. The molecule has 6 nitrogen and oxygen atoms in total. The molecule has 1 amide bonds. The Morgan fingerprint density at radius 2 is 1.80 bits per heavy atom. The van der Waals surface area contributed by atoms with E-state index in [2.05, 4.69) is 15.0 Å². The summed E-state index contributed by atoms with van der Waals surface area (Å²) in [5.41, 5.74) is 1.89. The molecule has 4 rings (SSSR count). The Labute approximate surface area is 170 Å². The van der Waals surface area contributed by atoms with Crippen LogP contribution in [0.15, 0.2) is 72.9 Å². The Morgan fingerprint density at radius 1 is 1.03 bits per heavy atom. The normalized spacial score (nSPS) is 10.9. The zero-order valence-electron chi connectivity index (χ0n) is 15.9. The van der Waals surface area contributed by atoms with Crippen molar-refractivity contribution in [2.24, 2.45) is 0 Å². The van der Waals surface area contributed by atoms with Crippen LogP contribution in [0, 0.1) is 0 Å². The standard InChI is InChI=1S/C22H17F2N3O3/c1-29-16-11-7-10-15(19(16)30-22(23)24)21(28)26-20-18(14-8-3-2-4-9-14)25-17-12-5-6-13-27(17)20/h2-13,22H,1H3,(H,26,28). The third-order valence-corrected chi connectivity index (χ3v) is 4.46. The summed E-state index contributed by atoms with van der Waals surface area (Å²) in [6, 6.07) is 19.1. The summed E-state index contributed by atoms with van der Waals surface area (Å²) in [7, 11) is 1.31. The number of ether oxygens (including phenoxy) is 2. The van der Waals surface area contributed by atoms with Gasteiger partial charge in [-0.25, -0.2) is 4.98 Å². The molecule has 1 N–H and O–H groups in total. The Balaban J connectivity index is 1.80. The van der Waals surface area contributed by atoms with Crippen LogP contribution >= 0.6 is 0 Å². The highest BCUT2D eigenvalue weighted by Gasteiger charge is 2.23. The van der Waals surface area contributed by atoms with Crippen LogP contribution in [0.3, 0.4) is 0 Å². The molecular weight excluding hydrogens is 392 g/mol. The molecule has 0 aliphatic heterocycles. The number of anilines is 1. The van der Waals surface area contributed by atoms with E-state index in [0.717, 1.165) is 5.56 Å². The highest BCUT2D eigenvalue weighted by atomic mass is 19.3. The third kappa shape index (κ3) is 3.67. The minimum atomic E-state index is -3.11. The molecular formula is C22H17F2N3O3. The van der Waals surface area contributed by atoms with Crippen molar-refractivity contribution in [1.82, 2.24) is 9.38 Å². The summed E-state index contributed by atoms with van der Waals surface area (Å²) in [5.74, 6) is -0.521. The number of nitrogens with one attached hydrogen (secondary N) is 1. The van der Waals surface area contributed by atoms with E-state index in [1.807, 2.05) is 36.4 Å². The smallest absolute Gasteiger partial charge is 0.387 e. The summed E-state index contributed by atoms with van der Waals surface area (Å²) < 4.78 is 37.2. The topological polar surface area (TPSA) is 64.9 Å². The van der Waals surface area contributed by atoms with Crippen molar-refractivity contribution in [3.05, 3.63) is 78.5 Å². The Bertz CT molecular complexity index is 1190. The highest BCUT2D eigenvalue weighted by molar-refractivity contribution is 6.08. The average molecular weight is 409 g/mol. The number of benzene rings is 2. The molecule has 2 aromatic heterocycles. The predicted octanol–water partition coefficient (Wildman–Crippen LogP) is 4.86. The molecule has 8 heteroatoms. The average Bonchev–Trinajstić information content (AvgIpc) is 3.12. The molecule has 0 radical (unpaired) electrons. The second kappa shape index (κ2) is 8.20. The number of carbonyl (C=O) groups is 1. The van der Waals surface area contributed by atoms with Crippen LogP contribution in [0.5, 0.6) is 11.5 Å². The van der Waals surface area contributed by atoms with Crippen molar-refractivity contribution < 1.29 is 23.0 Å². The van der Waals surface area contributed by atoms with Gasteiger partial charge in [-0.15, -0.1) is 0 Å². The van der Waals surface area contributed by atoms with Gasteiger partial charge in [0.2, 0.25) is 0 Å². The van der Waals surface area contributed by atoms with Crippen LogP contribution in [-0.4, -0.2) is 29.0 Å². The van der Waals surface area contributed by atoms with Gasteiger partial charge in [-0.1, -0.05) is 42.5 Å². The SMILES string of the molecule is COc1cccc(C(=O)Nc2c(-c3ccccc3)nc3ccccn23)c1OC(F)F. The van der Waals surface area contributed by atoms with E-state index in [9.17, 15) is 13.6 Å². The number of nitrogens with zero attached hydrogens (tertiary/aromatic N) is 2. The molecule has 0 saturated carbocycles. The minimum absolute atomic E-state index is 0.0318. The monoisotopic (exact) mass is 409 g/mol. The highest BCUT2D eigenvalue weighted by Crippen LogP contribution is 2.34. The predicted molar refractivity (Wildman–Crippen MR) is 108 cm³/mol. The van der Waals surface area contributed by atoms with Crippen molar-refractivity contribution >= 4 is 17.4 Å². The van der Waals surface area contributed by atoms with Crippen LogP contribution in [0.2, 0.25) is 0 Å². The van der Waals surface area contributed by atoms with Crippen molar-refractivity contribution in [3.63, 3.8) is 0 Å². The largest absolute Gasteiger partial charge is 0.493 e. The second-order valence-electron chi connectivity index (χ2n) is 6.27. The van der Waals surface area contributed by atoms with Gasteiger partial charge < -0.3 is 14.8 Å². The molecule has 0 fully saturated rings. The number of para-hydroxylation sites is 1. The van der Waals surface area contributed by atoms with Gasteiger partial charge in [-0.05, 0) is 24.3 Å². The van der Waals surface area contributed by atoms with Crippen molar-refractivity contribution in [3.8, 4) is 22.8 Å². The zero-order valence-corrected chi connectivity index (χ0v) is 15.9. The lowest BCUT2D eigenvalue weighted by atomic mass is 10.1. The second-order valence-corrected chi connectivity index (χ2v) is 6.27. The summed E-state index contributed by atoms with van der Waals surface area (Å²) in [4.78, 5) is 17.7. The molecule has 2 heterocycles. The van der Waals surface area contributed by atoms with E-state index in [1.54, 1.807) is 22.7 Å². The number of fused-ring (bicyclic) bond motifs is 1. The van der Waals surface area contributed by atoms with Crippen LogP contribution in [0.4, 0.5) is 14.6 Å². The molecule has 0 bridgehead atoms. The molecule has 0 spiro atoms. The first-order chi connectivity index (χ1) is 14.6. The van der Waals surface area contributed by atoms with E-state index >= 15 is 0 Å². The Morgan fingerprint density at radius 3 is 2.53 bits per heavy atom. The van der Waals surface area contributed by atoms with Gasteiger partial charge in [-0.2, -0.15) is 8.78 Å². The number of hydrogen-bond acceptors (Lipinski definition) is 4. The fourth-order valence-corrected chi connectivity index (χ4v) is 3.15. The lowest BCUT2D eigenvalue weighted by Gasteiger charge is -2.14. The summed E-state index contributed by atoms with van der Waals surface area (Å²) >= 11 is 0. The summed E-state index contributed by atoms with van der Waals surface area (Å²) in [5, 5.41) is 2.79. The third-order valence-electron chi connectivity index (χ3n) is 4.46. The maximum atomic E-state index is 13.1. The first-order valence-corrected chi connectivity index (χ1v) is 9.04. The minimum Gasteiger partial charge on any atom is -0.493 e. The summed E-state index contributed by atoms with van der Waals surface area (Å²) in [6.07, 6.45) is 1.76. The van der Waals surface area contributed by atoms with Gasteiger partial charge >= 0.3 is 6.61 Å². The molecule has 0 aliphatic carbocycles. The number of imidazole rings is 1. The number of carbonyl (C=O) groups excluding carboxylic acids is 1. The summed E-state index contributed by atoms with van der Waals surface area (Å²) in [6.45, 7) is -3.11. The molecule has 4 aromatic rings. The number of alkyl halides is 2. The van der Waals surface area contributed by atoms with Crippen LogP contribution in [0.25, 0.3) is 16.9 Å². The molecule has 0 unspecified atom stereocenters. The number of hydrogen-bond donors (Lipinski definition) is 1. The zero-order chi connectivity index (χ0) is 21.1. The van der Waals surface area contributed by atoms with E-state index < -0.39 is 12.5 Å². The van der Waals surface area contributed by atoms with Crippen molar-refractivity contribution in [2.75, 3.05) is 12.4 Å². The number of pyridine rings is 1. The number of methoxy groups -OCH3 is 1. The Kier molecular flexibility index (Phi) is 5.30. The fourth-order valence-electron chi connectivity index (χ4n) is 3.15. The lowest BCUT2D eigenvalue weighted by molar-refractivity contribution is -0.0515. The molecule has 152 valence electrons. The van der Waals surface area contributed by atoms with E-state index in [1.165, 1.54) is 25.3 Å². The van der Waals surface area contributed by atoms with E-state index in [-0.39, 0.29) is 17.1 Å². The van der Waals surface area contributed by atoms with Crippen LogP contribution in [-0.2, 0) is 0 Å². The number of rotatable bonds is 6. The van der Waals surface area contributed by atoms with Crippen molar-refractivity contribution in [1.29, 1.82) is 0 Å². The maximum absolute atomic E-state index is 13.1. The lowest BCUT2D eigenvalue weighted by Crippen LogP contribution is -2.17. The first-order valence-electron chi connectivity index (χ1n) is 9.04. The molecule has 30 heavy (non-hydrogen) atoms. The van der Waals surface area contributed by atoms with Crippen LogP contribution in [0.1, 0.15) is 10.4 Å². The molecule has 2 aromatic carbocycles. The molecule has 0 aliphatic rings. The van der Waals surface area contributed by atoms with Gasteiger partial charge in [0.05, 0.1) is 12.7 Å². The maximum Gasteiger partial charge on any atom is 0.387 e. The molecule has 0 atom stereocenters. The first kappa shape index (κ1) is 19.4. The molecule has 0 saturated heterocycles. The van der Waals surface area contributed by atoms with E-state index in [0.29, 0.717) is 17.2 Å².